The van der Waals surface area contributed by atoms with Gasteiger partial charge in [-0.1, -0.05) is 25.7 Å². The number of hydrogen-bond donors (Lipinski definition) is 1. The van der Waals surface area contributed by atoms with Gasteiger partial charge in [0, 0.05) is 12.1 Å². The van der Waals surface area contributed by atoms with Crippen LogP contribution in [0.1, 0.15) is 50.3 Å². The topological polar surface area (TPSA) is 41.6 Å². The minimum absolute atomic E-state index is 0.622. The van der Waals surface area contributed by atoms with Crippen molar-refractivity contribution >= 4 is 11.2 Å². The summed E-state index contributed by atoms with van der Waals surface area (Å²) < 4.78 is 0. The maximum Gasteiger partial charge on any atom is 0.177 e. The van der Waals surface area contributed by atoms with E-state index in [-0.39, 0.29) is 0 Å². The van der Waals surface area contributed by atoms with Crippen LogP contribution in [0.3, 0.4) is 0 Å². The molecule has 1 N–H and O–H groups in total. The van der Waals surface area contributed by atoms with Gasteiger partial charge in [0.2, 0.25) is 0 Å². The first-order valence-corrected chi connectivity index (χ1v) is 6.24. The van der Waals surface area contributed by atoms with Gasteiger partial charge in [0.1, 0.15) is 5.82 Å². The zero-order valence-corrected chi connectivity index (χ0v) is 9.45. The van der Waals surface area contributed by atoms with Crippen LogP contribution in [0.15, 0.2) is 18.3 Å². The van der Waals surface area contributed by atoms with E-state index in [1.165, 1.54) is 38.5 Å². The molecule has 3 rings (SSSR count). The van der Waals surface area contributed by atoms with E-state index < -0.39 is 0 Å². The van der Waals surface area contributed by atoms with Gasteiger partial charge in [-0.2, -0.15) is 0 Å². The molecule has 1 fully saturated rings. The summed E-state index contributed by atoms with van der Waals surface area (Å²) in [5, 5.41) is 0. The van der Waals surface area contributed by atoms with Crippen molar-refractivity contribution in [1.29, 1.82) is 0 Å². The predicted octanol–water partition coefficient (Wildman–Crippen LogP) is 3.40. The van der Waals surface area contributed by atoms with Gasteiger partial charge in [0.15, 0.2) is 5.65 Å². The Hall–Kier alpha value is -1.38. The number of hydrogen-bond acceptors (Lipinski definition) is 2. The minimum Gasteiger partial charge on any atom is -0.340 e. The molecule has 0 unspecified atom stereocenters. The molecule has 0 radical (unpaired) electrons. The van der Waals surface area contributed by atoms with Crippen molar-refractivity contribution in [1.82, 2.24) is 15.0 Å². The van der Waals surface area contributed by atoms with Crippen molar-refractivity contribution in [3.05, 3.63) is 24.2 Å². The molecule has 0 spiro atoms. The van der Waals surface area contributed by atoms with Gasteiger partial charge in [-0.3, -0.25) is 0 Å². The molecule has 0 aliphatic heterocycles. The second kappa shape index (κ2) is 4.24. The highest BCUT2D eigenvalue weighted by Crippen LogP contribution is 2.30. The maximum atomic E-state index is 4.61. The zero-order chi connectivity index (χ0) is 10.8. The van der Waals surface area contributed by atoms with E-state index in [0.29, 0.717) is 5.92 Å². The summed E-state index contributed by atoms with van der Waals surface area (Å²) in [4.78, 5) is 12.3. The molecular weight excluding hydrogens is 198 g/mol. The number of imidazole rings is 1. The Morgan fingerprint density at radius 3 is 2.69 bits per heavy atom. The molecule has 1 saturated carbocycles. The third-order valence-corrected chi connectivity index (χ3v) is 3.52. The lowest BCUT2D eigenvalue weighted by Gasteiger charge is -2.09. The summed E-state index contributed by atoms with van der Waals surface area (Å²) in [5.74, 6) is 1.77. The first kappa shape index (κ1) is 9.82. The van der Waals surface area contributed by atoms with Gasteiger partial charge < -0.3 is 4.98 Å². The monoisotopic (exact) mass is 215 g/mol. The number of pyridine rings is 1. The molecule has 0 saturated heterocycles. The highest BCUT2D eigenvalue weighted by molar-refractivity contribution is 5.70. The molecule has 84 valence electrons. The molecule has 2 aromatic rings. The lowest BCUT2D eigenvalue weighted by atomic mass is 10.00. The fourth-order valence-corrected chi connectivity index (χ4v) is 2.61. The lowest BCUT2D eigenvalue weighted by Crippen LogP contribution is -1.99. The van der Waals surface area contributed by atoms with Crippen LogP contribution in [-0.4, -0.2) is 15.0 Å². The second-order valence-electron chi connectivity index (χ2n) is 4.69. The van der Waals surface area contributed by atoms with E-state index in [0.717, 1.165) is 17.0 Å². The van der Waals surface area contributed by atoms with Gasteiger partial charge in [0.25, 0.3) is 0 Å². The molecule has 0 atom stereocenters. The molecule has 0 aromatic carbocycles. The molecule has 0 amide bonds. The molecule has 2 aromatic heterocycles. The number of nitrogens with one attached hydrogen (secondary N) is 1. The van der Waals surface area contributed by atoms with Crippen molar-refractivity contribution in [3.63, 3.8) is 0 Å². The van der Waals surface area contributed by atoms with Gasteiger partial charge >= 0.3 is 0 Å². The fraction of sp³-hybridized carbons (Fsp3) is 0.538. The third-order valence-electron chi connectivity index (χ3n) is 3.52. The standard InChI is InChI=1S/C13H17N3/c1-2-4-7-10(6-3-1)12-15-11-8-5-9-14-13(11)16-12/h5,8-10H,1-4,6-7H2,(H,14,15,16). The summed E-state index contributed by atoms with van der Waals surface area (Å²) in [7, 11) is 0. The summed E-state index contributed by atoms with van der Waals surface area (Å²) in [6.45, 7) is 0. The second-order valence-corrected chi connectivity index (χ2v) is 4.69. The van der Waals surface area contributed by atoms with Gasteiger partial charge in [0.05, 0.1) is 5.52 Å². The first-order valence-electron chi connectivity index (χ1n) is 6.24. The van der Waals surface area contributed by atoms with Crippen LogP contribution in [0.4, 0.5) is 0 Å². The Kier molecular flexibility index (Phi) is 2.60. The van der Waals surface area contributed by atoms with E-state index in [1.54, 1.807) is 6.20 Å². The third kappa shape index (κ3) is 1.82. The van der Waals surface area contributed by atoms with Gasteiger partial charge in [-0.05, 0) is 25.0 Å². The van der Waals surface area contributed by atoms with Crippen molar-refractivity contribution in [3.8, 4) is 0 Å². The molecule has 1 aliphatic carbocycles. The van der Waals surface area contributed by atoms with Crippen LogP contribution in [0, 0.1) is 0 Å². The molecule has 2 heterocycles. The van der Waals surface area contributed by atoms with Crippen molar-refractivity contribution in [2.75, 3.05) is 0 Å². The Labute approximate surface area is 95.3 Å². The fourth-order valence-electron chi connectivity index (χ4n) is 2.61. The lowest BCUT2D eigenvalue weighted by molar-refractivity contribution is 0.567. The van der Waals surface area contributed by atoms with Crippen molar-refractivity contribution in [2.45, 2.75) is 44.4 Å². The van der Waals surface area contributed by atoms with E-state index in [4.69, 9.17) is 0 Å². The van der Waals surface area contributed by atoms with Gasteiger partial charge in [-0.25, -0.2) is 9.97 Å². The maximum absolute atomic E-state index is 4.61. The molecular formula is C13H17N3. The summed E-state index contributed by atoms with van der Waals surface area (Å²) in [5.41, 5.74) is 1.93. The largest absolute Gasteiger partial charge is 0.340 e. The van der Waals surface area contributed by atoms with Crippen molar-refractivity contribution in [2.24, 2.45) is 0 Å². The van der Waals surface area contributed by atoms with E-state index in [9.17, 15) is 0 Å². The molecule has 1 aliphatic rings. The quantitative estimate of drug-likeness (QED) is 0.741. The highest BCUT2D eigenvalue weighted by Gasteiger charge is 2.17. The van der Waals surface area contributed by atoms with E-state index in [1.807, 2.05) is 6.07 Å². The molecule has 3 nitrogen and oxygen atoms in total. The number of H-pyrrole nitrogens is 1. The summed E-state index contributed by atoms with van der Waals surface area (Å²) >= 11 is 0. The SMILES string of the molecule is c1cnc2nc(C3CCCCCC3)[nH]c2c1. The highest BCUT2D eigenvalue weighted by atomic mass is 15.0. The predicted molar refractivity (Wildman–Crippen MR) is 64.3 cm³/mol. The van der Waals surface area contributed by atoms with Crippen LogP contribution < -0.4 is 0 Å². The number of nitrogens with zero attached hydrogens (tertiary/aromatic N) is 2. The molecule has 16 heavy (non-hydrogen) atoms. The zero-order valence-electron chi connectivity index (χ0n) is 9.45. The Morgan fingerprint density at radius 1 is 1.12 bits per heavy atom. The number of fused-ring (bicyclic) bond motifs is 1. The Balaban J connectivity index is 1.92. The number of aromatic amines is 1. The Morgan fingerprint density at radius 2 is 1.94 bits per heavy atom. The van der Waals surface area contributed by atoms with E-state index >= 15 is 0 Å². The van der Waals surface area contributed by atoms with Crippen LogP contribution >= 0.6 is 0 Å². The average Bonchev–Trinajstić information content (AvgIpc) is 2.56. The van der Waals surface area contributed by atoms with Crippen LogP contribution in [0.5, 0.6) is 0 Å². The van der Waals surface area contributed by atoms with Crippen LogP contribution in [0.2, 0.25) is 0 Å². The smallest absolute Gasteiger partial charge is 0.177 e. The number of rotatable bonds is 1. The number of aromatic nitrogens is 3. The van der Waals surface area contributed by atoms with Crippen LogP contribution in [-0.2, 0) is 0 Å². The molecule has 3 heteroatoms. The van der Waals surface area contributed by atoms with Gasteiger partial charge in [-0.15, -0.1) is 0 Å². The van der Waals surface area contributed by atoms with E-state index in [2.05, 4.69) is 21.0 Å². The first-order chi connectivity index (χ1) is 7.93. The normalized spacial score (nSPS) is 18.8. The summed E-state index contributed by atoms with van der Waals surface area (Å²) in [6, 6.07) is 4.01. The van der Waals surface area contributed by atoms with Crippen molar-refractivity contribution < 1.29 is 0 Å². The average molecular weight is 215 g/mol. The Bertz CT molecular complexity index is 434. The molecule has 0 bridgehead atoms. The minimum atomic E-state index is 0.622. The summed E-state index contributed by atoms with van der Waals surface area (Å²) in [6.07, 6.45) is 9.81. The van der Waals surface area contributed by atoms with Crippen LogP contribution in [0.25, 0.3) is 11.2 Å².